The van der Waals surface area contributed by atoms with Crippen molar-refractivity contribution in [2.75, 3.05) is 0 Å². The summed E-state index contributed by atoms with van der Waals surface area (Å²) in [6.07, 6.45) is 1.71. The van der Waals surface area contributed by atoms with Crippen LogP contribution in [0.5, 0.6) is 0 Å². The quantitative estimate of drug-likeness (QED) is 0.662. The minimum atomic E-state index is -0.482. The number of nitrogens with zero attached hydrogens (tertiary/aromatic N) is 1. The molecule has 3 rings (SSSR count). The first-order chi connectivity index (χ1) is 10.9. The summed E-state index contributed by atoms with van der Waals surface area (Å²) in [5.41, 5.74) is 6.85. The van der Waals surface area contributed by atoms with Crippen LogP contribution in [0.15, 0.2) is 30.0 Å². The van der Waals surface area contributed by atoms with Crippen LogP contribution in [0.2, 0.25) is 0 Å². The standard InChI is InChI=1S/C18H19N3O2/c1-10-5-6-15(7-11(10)2)21-12(3)8-14(13(21)4)9-16-17(22)20-18(23)19-16/h5-9H,1-4H3,(H2,19,20,22,23)/b16-9-. The number of hydrogen-bond acceptors (Lipinski definition) is 2. The van der Waals surface area contributed by atoms with Crippen LogP contribution in [-0.2, 0) is 4.79 Å². The summed E-state index contributed by atoms with van der Waals surface area (Å²) in [4.78, 5) is 22.9. The van der Waals surface area contributed by atoms with Crippen LogP contribution in [0.3, 0.4) is 0 Å². The zero-order valence-electron chi connectivity index (χ0n) is 13.7. The number of aryl methyl sites for hydroxylation is 3. The second-order valence-corrected chi connectivity index (χ2v) is 5.90. The molecule has 0 spiro atoms. The summed E-state index contributed by atoms with van der Waals surface area (Å²) in [6.45, 7) is 8.21. The van der Waals surface area contributed by atoms with Crippen LogP contribution < -0.4 is 10.6 Å². The Morgan fingerprint density at radius 1 is 0.957 bits per heavy atom. The van der Waals surface area contributed by atoms with Gasteiger partial charge >= 0.3 is 6.03 Å². The lowest BCUT2D eigenvalue weighted by Crippen LogP contribution is -2.22. The van der Waals surface area contributed by atoms with Crippen molar-refractivity contribution >= 4 is 18.0 Å². The highest BCUT2D eigenvalue weighted by Gasteiger charge is 2.23. The molecule has 2 heterocycles. The predicted molar refractivity (Wildman–Crippen MR) is 89.4 cm³/mol. The number of carbonyl (C=O) groups excluding carboxylic acids is 2. The predicted octanol–water partition coefficient (Wildman–Crippen LogP) is 2.89. The van der Waals surface area contributed by atoms with E-state index < -0.39 is 11.9 Å². The number of aromatic nitrogens is 1. The highest BCUT2D eigenvalue weighted by Crippen LogP contribution is 2.24. The zero-order chi connectivity index (χ0) is 16.7. The van der Waals surface area contributed by atoms with Gasteiger partial charge in [-0.2, -0.15) is 0 Å². The van der Waals surface area contributed by atoms with Gasteiger partial charge in [0.15, 0.2) is 0 Å². The monoisotopic (exact) mass is 309 g/mol. The molecule has 3 amide bonds. The fourth-order valence-electron chi connectivity index (χ4n) is 2.83. The number of imide groups is 1. The number of benzene rings is 1. The molecule has 1 fully saturated rings. The van der Waals surface area contributed by atoms with E-state index in [9.17, 15) is 9.59 Å². The van der Waals surface area contributed by atoms with Crippen molar-refractivity contribution in [3.63, 3.8) is 0 Å². The number of hydrogen-bond donors (Lipinski definition) is 2. The first-order valence-electron chi connectivity index (χ1n) is 7.47. The third-order valence-electron chi connectivity index (χ3n) is 4.24. The molecule has 5 nitrogen and oxygen atoms in total. The number of rotatable bonds is 2. The molecule has 23 heavy (non-hydrogen) atoms. The molecule has 1 aliphatic rings. The summed E-state index contributed by atoms with van der Waals surface area (Å²) < 4.78 is 2.15. The normalized spacial score (nSPS) is 15.9. The van der Waals surface area contributed by atoms with E-state index >= 15 is 0 Å². The number of amides is 3. The Labute approximate surface area is 135 Å². The van der Waals surface area contributed by atoms with Gasteiger partial charge < -0.3 is 9.88 Å². The smallest absolute Gasteiger partial charge is 0.318 e. The van der Waals surface area contributed by atoms with Crippen molar-refractivity contribution in [2.24, 2.45) is 0 Å². The molecule has 0 atom stereocenters. The molecule has 5 heteroatoms. The fourth-order valence-corrected chi connectivity index (χ4v) is 2.83. The van der Waals surface area contributed by atoms with Gasteiger partial charge in [-0.25, -0.2) is 4.79 Å². The van der Waals surface area contributed by atoms with E-state index in [0.717, 1.165) is 22.6 Å². The molecule has 2 N–H and O–H groups in total. The van der Waals surface area contributed by atoms with Crippen molar-refractivity contribution in [3.05, 3.63) is 58.0 Å². The highest BCUT2D eigenvalue weighted by molar-refractivity contribution is 6.14. The summed E-state index contributed by atoms with van der Waals surface area (Å²) in [5, 5.41) is 4.73. The average molecular weight is 309 g/mol. The Hall–Kier alpha value is -2.82. The average Bonchev–Trinajstić information content (AvgIpc) is 2.93. The molecule has 0 saturated carbocycles. The second kappa shape index (κ2) is 5.43. The van der Waals surface area contributed by atoms with Gasteiger partial charge in [-0.3, -0.25) is 10.1 Å². The first kappa shape index (κ1) is 15.1. The third kappa shape index (κ3) is 2.65. The van der Waals surface area contributed by atoms with Crippen LogP contribution in [-0.4, -0.2) is 16.5 Å². The van der Waals surface area contributed by atoms with E-state index in [0.29, 0.717) is 0 Å². The minimum absolute atomic E-state index is 0.273. The SMILES string of the molecule is Cc1ccc(-n2c(C)cc(/C=C3\NC(=O)NC3=O)c2C)cc1C. The third-order valence-corrected chi connectivity index (χ3v) is 4.24. The Morgan fingerprint density at radius 2 is 1.70 bits per heavy atom. The maximum Gasteiger partial charge on any atom is 0.326 e. The molecule has 1 aromatic heterocycles. The largest absolute Gasteiger partial charge is 0.326 e. The number of nitrogens with one attached hydrogen (secondary N) is 2. The van der Waals surface area contributed by atoms with Crippen LogP contribution in [0.4, 0.5) is 4.79 Å². The minimum Gasteiger partial charge on any atom is -0.318 e. The van der Waals surface area contributed by atoms with Gasteiger partial charge in [-0.05, 0) is 68.7 Å². The van der Waals surface area contributed by atoms with Crippen molar-refractivity contribution in [1.82, 2.24) is 15.2 Å². The Bertz CT molecular complexity index is 859. The fraction of sp³-hybridized carbons (Fsp3) is 0.222. The van der Waals surface area contributed by atoms with Gasteiger partial charge in [0.1, 0.15) is 5.70 Å². The molecule has 1 aromatic carbocycles. The first-order valence-corrected chi connectivity index (χ1v) is 7.47. The number of carbonyl (C=O) groups is 2. The molecule has 0 radical (unpaired) electrons. The lowest BCUT2D eigenvalue weighted by atomic mass is 10.1. The molecule has 1 aliphatic heterocycles. The highest BCUT2D eigenvalue weighted by atomic mass is 16.2. The van der Waals surface area contributed by atoms with E-state index in [4.69, 9.17) is 0 Å². The van der Waals surface area contributed by atoms with E-state index in [2.05, 4.69) is 47.2 Å². The molecular formula is C18H19N3O2. The van der Waals surface area contributed by atoms with Gasteiger partial charge in [0.25, 0.3) is 5.91 Å². The van der Waals surface area contributed by atoms with Crippen LogP contribution >= 0.6 is 0 Å². The van der Waals surface area contributed by atoms with E-state index in [1.54, 1.807) is 6.08 Å². The molecular weight excluding hydrogens is 290 g/mol. The topological polar surface area (TPSA) is 63.1 Å². The molecule has 1 saturated heterocycles. The summed E-state index contributed by atoms with van der Waals surface area (Å²) in [6, 6.07) is 7.87. The van der Waals surface area contributed by atoms with E-state index in [1.165, 1.54) is 11.1 Å². The second-order valence-electron chi connectivity index (χ2n) is 5.90. The molecule has 118 valence electrons. The number of urea groups is 1. The van der Waals surface area contributed by atoms with Crippen LogP contribution in [0, 0.1) is 27.7 Å². The Balaban J connectivity index is 2.06. The maximum atomic E-state index is 11.7. The van der Waals surface area contributed by atoms with Crippen LogP contribution in [0.25, 0.3) is 11.8 Å². The zero-order valence-corrected chi connectivity index (χ0v) is 13.7. The lowest BCUT2D eigenvalue weighted by Gasteiger charge is -2.11. The Kier molecular flexibility index (Phi) is 3.56. The van der Waals surface area contributed by atoms with Crippen molar-refractivity contribution in [1.29, 1.82) is 0 Å². The van der Waals surface area contributed by atoms with Crippen molar-refractivity contribution in [2.45, 2.75) is 27.7 Å². The molecule has 0 bridgehead atoms. The van der Waals surface area contributed by atoms with Crippen molar-refractivity contribution < 1.29 is 9.59 Å². The Morgan fingerprint density at radius 3 is 2.30 bits per heavy atom. The van der Waals surface area contributed by atoms with Gasteiger partial charge in [0.2, 0.25) is 0 Å². The molecule has 0 aliphatic carbocycles. The van der Waals surface area contributed by atoms with Gasteiger partial charge in [-0.15, -0.1) is 0 Å². The summed E-state index contributed by atoms with van der Waals surface area (Å²) >= 11 is 0. The summed E-state index contributed by atoms with van der Waals surface area (Å²) in [7, 11) is 0. The van der Waals surface area contributed by atoms with Crippen LogP contribution in [0.1, 0.15) is 28.1 Å². The maximum absolute atomic E-state index is 11.7. The van der Waals surface area contributed by atoms with E-state index in [1.807, 2.05) is 19.9 Å². The van der Waals surface area contributed by atoms with Gasteiger partial charge in [0, 0.05) is 17.1 Å². The molecule has 2 aromatic rings. The lowest BCUT2D eigenvalue weighted by molar-refractivity contribution is -0.115. The van der Waals surface area contributed by atoms with E-state index in [-0.39, 0.29) is 5.70 Å². The van der Waals surface area contributed by atoms with Crippen molar-refractivity contribution in [3.8, 4) is 5.69 Å². The summed E-state index contributed by atoms with van der Waals surface area (Å²) in [5.74, 6) is -0.397. The van der Waals surface area contributed by atoms with Gasteiger partial charge in [0.05, 0.1) is 0 Å². The molecule has 0 unspecified atom stereocenters. The van der Waals surface area contributed by atoms with Gasteiger partial charge in [-0.1, -0.05) is 6.07 Å².